The summed E-state index contributed by atoms with van der Waals surface area (Å²) in [7, 11) is 0. The van der Waals surface area contributed by atoms with Crippen molar-refractivity contribution in [1.29, 1.82) is 0 Å². The molecule has 76 valence electrons. The fourth-order valence-electron chi connectivity index (χ4n) is 1.34. The highest BCUT2D eigenvalue weighted by Gasteiger charge is 2.16. The quantitative estimate of drug-likeness (QED) is 0.598. The number of nitro groups is 1. The second kappa shape index (κ2) is 4.09. The Balaban J connectivity index is 3.33. The third kappa shape index (κ3) is 1.95. The van der Waals surface area contributed by atoms with E-state index >= 15 is 0 Å². The van der Waals surface area contributed by atoms with Crippen LogP contribution in [-0.4, -0.2) is 4.92 Å². The van der Waals surface area contributed by atoms with E-state index in [0.717, 1.165) is 10.0 Å². The lowest BCUT2D eigenvalue weighted by molar-refractivity contribution is -0.385. The first-order chi connectivity index (χ1) is 6.45. The Hall–Kier alpha value is -0.900. The summed E-state index contributed by atoms with van der Waals surface area (Å²) in [5.74, 6) is 0.365. The lowest BCUT2D eigenvalue weighted by Gasteiger charge is -2.10. The molecule has 4 heteroatoms. The third-order valence-electron chi connectivity index (χ3n) is 2.21. The minimum Gasteiger partial charge on any atom is -0.258 e. The lowest BCUT2D eigenvalue weighted by Crippen LogP contribution is -1.97. The van der Waals surface area contributed by atoms with Gasteiger partial charge in [-0.2, -0.15) is 0 Å². The van der Waals surface area contributed by atoms with Crippen LogP contribution < -0.4 is 0 Å². The Kier molecular flexibility index (Phi) is 3.26. The van der Waals surface area contributed by atoms with Crippen LogP contribution in [0.2, 0.25) is 0 Å². The number of rotatable bonds is 2. The monoisotopic (exact) mass is 257 g/mol. The molecule has 0 aliphatic carbocycles. The molecule has 0 amide bonds. The van der Waals surface area contributed by atoms with Crippen molar-refractivity contribution in [3.05, 3.63) is 37.8 Å². The fourth-order valence-corrected chi connectivity index (χ4v) is 2.13. The molecule has 0 aliphatic heterocycles. The maximum Gasteiger partial charge on any atom is 0.273 e. The first-order valence-corrected chi connectivity index (χ1v) is 5.17. The molecule has 1 aromatic rings. The van der Waals surface area contributed by atoms with Gasteiger partial charge >= 0.3 is 0 Å². The molecule has 0 N–H and O–H groups in total. The number of nitro benzene ring substituents is 1. The normalized spacial score (nSPS) is 10.6. The van der Waals surface area contributed by atoms with Gasteiger partial charge in [0.2, 0.25) is 0 Å². The van der Waals surface area contributed by atoms with Crippen LogP contribution in [0.1, 0.15) is 30.9 Å². The summed E-state index contributed by atoms with van der Waals surface area (Å²) in [6, 6.07) is 3.37. The van der Waals surface area contributed by atoms with Crippen molar-refractivity contribution in [2.45, 2.75) is 26.7 Å². The molecule has 0 atom stereocenters. The molecule has 0 unspecified atom stereocenters. The minimum atomic E-state index is -0.357. The summed E-state index contributed by atoms with van der Waals surface area (Å²) in [5, 5.41) is 10.6. The van der Waals surface area contributed by atoms with E-state index in [1.54, 1.807) is 19.1 Å². The highest BCUT2D eigenvalue weighted by Crippen LogP contribution is 2.32. The van der Waals surface area contributed by atoms with E-state index in [1.807, 2.05) is 0 Å². The first kappa shape index (κ1) is 11.2. The van der Waals surface area contributed by atoms with E-state index in [9.17, 15) is 10.1 Å². The fraction of sp³-hybridized carbons (Fsp3) is 0.400. The van der Waals surface area contributed by atoms with Gasteiger partial charge in [0, 0.05) is 16.1 Å². The first-order valence-electron chi connectivity index (χ1n) is 4.38. The van der Waals surface area contributed by atoms with Crippen LogP contribution in [0.3, 0.4) is 0 Å². The predicted molar refractivity (Wildman–Crippen MR) is 59.6 cm³/mol. The van der Waals surface area contributed by atoms with Crippen LogP contribution in [-0.2, 0) is 0 Å². The van der Waals surface area contributed by atoms with Gasteiger partial charge in [0.1, 0.15) is 0 Å². The van der Waals surface area contributed by atoms with Gasteiger partial charge in [0.05, 0.1) is 4.92 Å². The van der Waals surface area contributed by atoms with Crippen molar-refractivity contribution in [2.24, 2.45) is 0 Å². The Labute approximate surface area is 91.4 Å². The SMILES string of the molecule is Cc1c([N+](=O)[O-])ccc(C(C)C)c1Br. The van der Waals surface area contributed by atoms with Gasteiger partial charge in [-0.3, -0.25) is 10.1 Å². The van der Waals surface area contributed by atoms with E-state index in [4.69, 9.17) is 0 Å². The molecule has 1 rings (SSSR count). The van der Waals surface area contributed by atoms with Crippen molar-refractivity contribution >= 4 is 21.6 Å². The Morgan fingerprint density at radius 2 is 2.00 bits per heavy atom. The Morgan fingerprint density at radius 1 is 1.43 bits per heavy atom. The van der Waals surface area contributed by atoms with Crippen LogP contribution in [0.25, 0.3) is 0 Å². The van der Waals surface area contributed by atoms with E-state index < -0.39 is 0 Å². The standard InChI is InChI=1S/C10H12BrNO2/c1-6(2)8-4-5-9(12(13)14)7(3)10(8)11/h4-6H,1-3H3. The molecule has 14 heavy (non-hydrogen) atoms. The van der Waals surface area contributed by atoms with E-state index in [-0.39, 0.29) is 10.6 Å². The van der Waals surface area contributed by atoms with Crippen LogP contribution in [0.15, 0.2) is 16.6 Å². The van der Waals surface area contributed by atoms with Crippen molar-refractivity contribution in [2.75, 3.05) is 0 Å². The molecule has 0 fully saturated rings. The van der Waals surface area contributed by atoms with Gasteiger partial charge in [0.15, 0.2) is 0 Å². The minimum absolute atomic E-state index is 0.168. The van der Waals surface area contributed by atoms with Crippen molar-refractivity contribution in [1.82, 2.24) is 0 Å². The lowest BCUT2D eigenvalue weighted by atomic mass is 10.0. The van der Waals surface area contributed by atoms with Crippen molar-refractivity contribution in [3.63, 3.8) is 0 Å². The van der Waals surface area contributed by atoms with Crippen LogP contribution >= 0.6 is 15.9 Å². The smallest absolute Gasteiger partial charge is 0.258 e. The second-order valence-electron chi connectivity index (χ2n) is 3.52. The van der Waals surface area contributed by atoms with Crippen LogP contribution in [0.4, 0.5) is 5.69 Å². The number of benzene rings is 1. The molecule has 1 aromatic carbocycles. The second-order valence-corrected chi connectivity index (χ2v) is 4.32. The molecule has 0 bridgehead atoms. The summed E-state index contributed by atoms with van der Waals surface area (Å²) in [5.41, 5.74) is 1.97. The van der Waals surface area contributed by atoms with Crippen LogP contribution in [0, 0.1) is 17.0 Å². The molecular weight excluding hydrogens is 246 g/mol. The van der Waals surface area contributed by atoms with Gasteiger partial charge in [-0.1, -0.05) is 19.9 Å². The molecule has 0 saturated heterocycles. The predicted octanol–water partition coefficient (Wildman–Crippen LogP) is 3.79. The molecule has 3 nitrogen and oxygen atoms in total. The number of nitrogens with zero attached hydrogens (tertiary/aromatic N) is 1. The van der Waals surface area contributed by atoms with E-state index in [2.05, 4.69) is 29.8 Å². The van der Waals surface area contributed by atoms with Crippen LogP contribution in [0.5, 0.6) is 0 Å². The van der Waals surface area contributed by atoms with Gasteiger partial charge in [-0.05, 0) is 34.3 Å². The third-order valence-corrected chi connectivity index (χ3v) is 3.26. The highest BCUT2D eigenvalue weighted by molar-refractivity contribution is 9.10. The van der Waals surface area contributed by atoms with Gasteiger partial charge in [-0.25, -0.2) is 0 Å². The summed E-state index contributed by atoms with van der Waals surface area (Å²) in [4.78, 5) is 10.3. The molecule has 0 aliphatic rings. The molecule has 0 aromatic heterocycles. The number of hydrogen-bond acceptors (Lipinski definition) is 2. The maximum atomic E-state index is 10.6. The van der Waals surface area contributed by atoms with Crippen molar-refractivity contribution < 1.29 is 4.92 Å². The summed E-state index contributed by atoms with van der Waals surface area (Å²) < 4.78 is 0.849. The van der Waals surface area contributed by atoms with Gasteiger partial charge < -0.3 is 0 Å². The van der Waals surface area contributed by atoms with E-state index in [1.165, 1.54) is 0 Å². The summed E-state index contributed by atoms with van der Waals surface area (Å²) >= 11 is 3.40. The average molecular weight is 258 g/mol. The topological polar surface area (TPSA) is 43.1 Å². The Morgan fingerprint density at radius 3 is 2.43 bits per heavy atom. The summed E-state index contributed by atoms with van der Waals surface area (Å²) in [6.07, 6.45) is 0. The van der Waals surface area contributed by atoms with Gasteiger partial charge in [-0.15, -0.1) is 0 Å². The Bertz CT molecular complexity index is 375. The molecule has 0 radical (unpaired) electrons. The molecular formula is C10H12BrNO2. The average Bonchev–Trinajstić information content (AvgIpc) is 2.08. The molecule has 0 heterocycles. The summed E-state index contributed by atoms with van der Waals surface area (Å²) in [6.45, 7) is 5.88. The van der Waals surface area contributed by atoms with Crippen molar-refractivity contribution in [3.8, 4) is 0 Å². The van der Waals surface area contributed by atoms with E-state index in [0.29, 0.717) is 11.5 Å². The maximum absolute atomic E-state index is 10.6. The molecule has 0 spiro atoms. The zero-order chi connectivity index (χ0) is 10.9. The molecule has 0 saturated carbocycles. The number of halogens is 1. The van der Waals surface area contributed by atoms with Gasteiger partial charge in [0.25, 0.3) is 5.69 Å². The highest BCUT2D eigenvalue weighted by atomic mass is 79.9. The zero-order valence-electron chi connectivity index (χ0n) is 8.37. The number of hydrogen-bond donors (Lipinski definition) is 0. The zero-order valence-corrected chi connectivity index (χ0v) is 9.96. The largest absolute Gasteiger partial charge is 0.273 e.